The molecule has 2 heterocycles. The van der Waals surface area contributed by atoms with E-state index in [4.69, 9.17) is 4.98 Å². The Morgan fingerprint density at radius 2 is 1.72 bits per heavy atom. The van der Waals surface area contributed by atoms with Crippen LogP contribution in [-0.4, -0.2) is 19.6 Å². The zero-order valence-electron chi connectivity index (χ0n) is 13.6. The molecule has 4 nitrogen and oxygen atoms in total. The first-order valence-electron chi connectivity index (χ1n) is 8.45. The molecule has 4 heteroatoms. The molecule has 0 bridgehead atoms. The van der Waals surface area contributed by atoms with E-state index in [1.807, 2.05) is 30.3 Å². The van der Waals surface area contributed by atoms with Gasteiger partial charge in [-0.05, 0) is 47.4 Å². The molecule has 0 amide bonds. The molecule has 0 radical (unpaired) electrons. The van der Waals surface area contributed by atoms with E-state index in [9.17, 15) is 5.11 Å². The molecule has 0 saturated heterocycles. The smallest absolute Gasteiger partial charge is 0.144 e. The Morgan fingerprint density at radius 1 is 0.960 bits per heavy atom. The largest absolute Gasteiger partial charge is 0.380 e. The van der Waals surface area contributed by atoms with Crippen molar-refractivity contribution in [1.29, 1.82) is 0 Å². The highest BCUT2D eigenvalue weighted by Crippen LogP contribution is 2.40. The van der Waals surface area contributed by atoms with Crippen molar-refractivity contribution in [2.45, 2.75) is 18.6 Å². The topological polar surface area (TPSA) is 50.9 Å². The van der Waals surface area contributed by atoms with Gasteiger partial charge in [-0.15, -0.1) is 0 Å². The number of aliphatic hydroxyl groups excluding tert-OH is 1. The van der Waals surface area contributed by atoms with Gasteiger partial charge in [-0.1, -0.05) is 36.4 Å². The van der Waals surface area contributed by atoms with Gasteiger partial charge in [0, 0.05) is 12.4 Å². The van der Waals surface area contributed by atoms with Gasteiger partial charge in [-0.25, -0.2) is 4.98 Å². The molecule has 2 aromatic carbocycles. The summed E-state index contributed by atoms with van der Waals surface area (Å²) in [6.45, 7) is 0. The summed E-state index contributed by atoms with van der Waals surface area (Å²) in [5.41, 5.74) is 5.46. The summed E-state index contributed by atoms with van der Waals surface area (Å²) in [5, 5.41) is 11.0. The number of benzene rings is 2. The van der Waals surface area contributed by atoms with Crippen molar-refractivity contribution in [2.75, 3.05) is 0 Å². The third-order valence-corrected chi connectivity index (χ3v) is 5.03. The highest BCUT2D eigenvalue weighted by molar-refractivity contribution is 5.77. The molecule has 25 heavy (non-hydrogen) atoms. The van der Waals surface area contributed by atoms with Gasteiger partial charge < -0.3 is 9.67 Å². The number of pyridine rings is 1. The van der Waals surface area contributed by atoms with Gasteiger partial charge in [0.05, 0.1) is 17.1 Å². The number of imidazole rings is 1. The van der Waals surface area contributed by atoms with Crippen LogP contribution < -0.4 is 0 Å². The minimum absolute atomic E-state index is 0.218. The van der Waals surface area contributed by atoms with Crippen molar-refractivity contribution in [3.05, 3.63) is 95.6 Å². The van der Waals surface area contributed by atoms with Crippen molar-refractivity contribution >= 4 is 11.0 Å². The molecule has 2 atom stereocenters. The first-order chi connectivity index (χ1) is 12.3. The first-order valence-corrected chi connectivity index (χ1v) is 8.45. The fourth-order valence-electron chi connectivity index (χ4n) is 3.74. The van der Waals surface area contributed by atoms with Gasteiger partial charge in [0.1, 0.15) is 11.9 Å². The Bertz CT molecular complexity index is 1060. The second-order valence-electron chi connectivity index (χ2n) is 6.43. The normalized spacial score (nSPS) is 17.1. The number of rotatable bonds is 3. The molecule has 0 fully saturated rings. The Balaban J connectivity index is 1.70. The highest BCUT2D eigenvalue weighted by atomic mass is 16.3. The predicted octanol–water partition coefficient (Wildman–Crippen LogP) is 3.66. The average molecular weight is 327 g/mol. The monoisotopic (exact) mass is 327 g/mol. The quantitative estimate of drug-likeness (QED) is 0.625. The third kappa shape index (κ3) is 2.18. The van der Waals surface area contributed by atoms with Gasteiger partial charge in [-0.3, -0.25) is 4.98 Å². The lowest BCUT2D eigenvalue weighted by Crippen LogP contribution is -2.26. The van der Waals surface area contributed by atoms with Crippen molar-refractivity contribution in [1.82, 2.24) is 14.5 Å². The first kappa shape index (κ1) is 14.4. The number of fused-ring (bicyclic) bond motifs is 2. The van der Waals surface area contributed by atoms with Crippen LogP contribution in [0.4, 0.5) is 0 Å². The summed E-state index contributed by atoms with van der Waals surface area (Å²) < 4.78 is 2.20. The van der Waals surface area contributed by atoms with Crippen molar-refractivity contribution in [3.8, 4) is 0 Å². The average Bonchev–Trinajstić information content (AvgIpc) is 3.02. The molecule has 0 aliphatic heterocycles. The summed E-state index contributed by atoms with van der Waals surface area (Å²) in [4.78, 5) is 8.80. The van der Waals surface area contributed by atoms with Crippen LogP contribution in [0, 0.1) is 0 Å². The lowest BCUT2D eigenvalue weighted by Gasteiger charge is -2.33. The molecule has 0 saturated carbocycles. The molecule has 1 aliphatic rings. The van der Waals surface area contributed by atoms with E-state index in [0.29, 0.717) is 5.82 Å². The molecule has 2 unspecified atom stereocenters. The maximum atomic E-state index is 11.0. The summed E-state index contributed by atoms with van der Waals surface area (Å²) >= 11 is 0. The van der Waals surface area contributed by atoms with Gasteiger partial charge >= 0.3 is 0 Å². The van der Waals surface area contributed by atoms with Crippen LogP contribution in [0.25, 0.3) is 11.0 Å². The molecule has 5 rings (SSSR count). The van der Waals surface area contributed by atoms with E-state index in [1.165, 1.54) is 11.1 Å². The maximum Gasteiger partial charge on any atom is 0.144 e. The molecule has 1 N–H and O–H groups in total. The van der Waals surface area contributed by atoms with E-state index < -0.39 is 6.10 Å². The Labute approximate surface area is 145 Å². The summed E-state index contributed by atoms with van der Waals surface area (Å²) in [6.07, 6.45) is 3.59. The van der Waals surface area contributed by atoms with Crippen LogP contribution in [0.1, 0.15) is 34.7 Å². The van der Waals surface area contributed by atoms with Crippen LogP contribution in [-0.2, 0) is 6.42 Å². The second kappa shape index (κ2) is 5.53. The maximum absolute atomic E-state index is 11.0. The standard InChI is InChI=1S/C21H17N3O/c25-20(14-9-11-22-12-10-14)21-23-17-7-3-4-8-18(17)24(21)19-13-15-5-1-2-6-16(15)19/h1-12,19-20,25H,13H2. The number of nitrogens with zero attached hydrogens (tertiary/aromatic N) is 3. The number of hydrogen-bond donors (Lipinski definition) is 1. The molecule has 2 aromatic heterocycles. The SMILES string of the molecule is OC(c1ccncc1)c1nc2ccccc2n1C1Cc2ccccc21. The summed E-state index contributed by atoms with van der Waals surface area (Å²) in [7, 11) is 0. The lowest BCUT2D eigenvalue weighted by atomic mass is 9.83. The van der Waals surface area contributed by atoms with Gasteiger partial charge in [0.15, 0.2) is 0 Å². The summed E-state index contributed by atoms with van der Waals surface area (Å²) in [6, 6.07) is 20.5. The fourth-order valence-corrected chi connectivity index (χ4v) is 3.74. The zero-order chi connectivity index (χ0) is 16.8. The van der Waals surface area contributed by atoms with E-state index in [1.54, 1.807) is 12.4 Å². The van der Waals surface area contributed by atoms with Crippen molar-refractivity contribution in [2.24, 2.45) is 0 Å². The summed E-state index contributed by atoms with van der Waals surface area (Å²) in [5.74, 6) is 0.687. The third-order valence-electron chi connectivity index (χ3n) is 5.03. The van der Waals surface area contributed by atoms with Crippen LogP contribution in [0.5, 0.6) is 0 Å². The van der Waals surface area contributed by atoms with Crippen LogP contribution >= 0.6 is 0 Å². The number of hydrogen-bond acceptors (Lipinski definition) is 3. The van der Waals surface area contributed by atoms with E-state index >= 15 is 0 Å². The van der Waals surface area contributed by atoms with Crippen LogP contribution in [0.2, 0.25) is 0 Å². The Kier molecular flexibility index (Phi) is 3.18. The van der Waals surface area contributed by atoms with Gasteiger partial charge in [0.25, 0.3) is 0 Å². The van der Waals surface area contributed by atoms with Crippen LogP contribution in [0.15, 0.2) is 73.1 Å². The van der Waals surface area contributed by atoms with E-state index in [-0.39, 0.29) is 6.04 Å². The minimum Gasteiger partial charge on any atom is -0.380 e. The molecule has 1 aliphatic carbocycles. The second-order valence-corrected chi connectivity index (χ2v) is 6.43. The van der Waals surface area contributed by atoms with Crippen molar-refractivity contribution in [3.63, 3.8) is 0 Å². The van der Waals surface area contributed by atoms with Crippen molar-refractivity contribution < 1.29 is 5.11 Å². The number of aromatic nitrogens is 3. The van der Waals surface area contributed by atoms with Gasteiger partial charge in [0.2, 0.25) is 0 Å². The Hall–Kier alpha value is -2.98. The fraction of sp³-hybridized carbons (Fsp3) is 0.143. The molecule has 122 valence electrons. The predicted molar refractivity (Wildman–Crippen MR) is 96.3 cm³/mol. The Morgan fingerprint density at radius 3 is 2.56 bits per heavy atom. The lowest BCUT2D eigenvalue weighted by molar-refractivity contribution is 0.202. The van der Waals surface area contributed by atoms with E-state index in [2.05, 4.69) is 39.9 Å². The highest BCUT2D eigenvalue weighted by Gasteiger charge is 2.32. The molecular formula is C21H17N3O. The molecule has 0 spiro atoms. The molecular weight excluding hydrogens is 310 g/mol. The minimum atomic E-state index is -0.775. The number of para-hydroxylation sites is 2. The van der Waals surface area contributed by atoms with E-state index in [0.717, 1.165) is 23.0 Å². The zero-order valence-corrected chi connectivity index (χ0v) is 13.6. The van der Waals surface area contributed by atoms with Gasteiger partial charge in [-0.2, -0.15) is 0 Å². The number of aliphatic hydroxyl groups is 1. The molecule has 4 aromatic rings. The van der Waals surface area contributed by atoms with Crippen LogP contribution in [0.3, 0.4) is 0 Å².